The van der Waals surface area contributed by atoms with Crippen LogP contribution in [0, 0.1) is 34.5 Å². The first kappa shape index (κ1) is 16.4. The zero-order chi connectivity index (χ0) is 16.5. The standard InChI is InChI=1S/C21H36O2/c1-19(22)11-12-20(2)14(13-19)5-6-15-16-7-8-18(23-4)21(16,3)10-9-17(15)20/h14-18,22H,5-13H2,1-4H3/t14-,15-,16-,17-,18-,19+,20-,21-/m0/s1. The number of aliphatic hydroxyl groups is 1. The second-order valence-corrected chi connectivity index (χ2v) is 10.2. The van der Waals surface area contributed by atoms with Gasteiger partial charge in [-0.3, -0.25) is 0 Å². The number of hydrogen-bond acceptors (Lipinski definition) is 2. The summed E-state index contributed by atoms with van der Waals surface area (Å²) in [5.41, 5.74) is 0.506. The van der Waals surface area contributed by atoms with Crippen molar-refractivity contribution in [2.24, 2.45) is 34.5 Å². The number of fused-ring (bicyclic) bond motifs is 5. The Bertz CT molecular complexity index is 472. The molecule has 0 aromatic rings. The predicted octanol–water partition coefficient (Wildman–Crippen LogP) is 4.80. The minimum absolute atomic E-state index is 0.408. The normalized spacial score (nSPS) is 59.1. The van der Waals surface area contributed by atoms with Crippen LogP contribution in [-0.4, -0.2) is 23.9 Å². The van der Waals surface area contributed by atoms with E-state index in [9.17, 15) is 5.11 Å². The quantitative estimate of drug-likeness (QED) is 0.752. The Morgan fingerprint density at radius 2 is 1.57 bits per heavy atom. The summed E-state index contributed by atoms with van der Waals surface area (Å²) in [4.78, 5) is 0. The van der Waals surface area contributed by atoms with Crippen LogP contribution in [0.1, 0.15) is 78.6 Å². The van der Waals surface area contributed by atoms with Crippen molar-refractivity contribution in [2.45, 2.75) is 90.3 Å². The fourth-order valence-electron chi connectivity index (χ4n) is 7.77. The third kappa shape index (κ3) is 2.27. The molecule has 0 aliphatic heterocycles. The molecule has 0 amide bonds. The predicted molar refractivity (Wildman–Crippen MR) is 93.1 cm³/mol. The molecule has 4 saturated carbocycles. The van der Waals surface area contributed by atoms with Crippen molar-refractivity contribution in [3.05, 3.63) is 0 Å². The summed E-state index contributed by atoms with van der Waals surface area (Å²) in [5, 5.41) is 10.6. The van der Waals surface area contributed by atoms with Crippen LogP contribution in [0.3, 0.4) is 0 Å². The molecule has 0 spiro atoms. The van der Waals surface area contributed by atoms with Gasteiger partial charge in [0.15, 0.2) is 0 Å². The third-order valence-electron chi connectivity index (χ3n) is 9.15. The van der Waals surface area contributed by atoms with Gasteiger partial charge in [-0.2, -0.15) is 0 Å². The van der Waals surface area contributed by atoms with E-state index in [1.165, 1.54) is 44.9 Å². The van der Waals surface area contributed by atoms with Crippen molar-refractivity contribution in [3.63, 3.8) is 0 Å². The molecular formula is C21H36O2. The minimum atomic E-state index is -0.408. The minimum Gasteiger partial charge on any atom is -0.390 e. The lowest BCUT2D eigenvalue weighted by Crippen LogP contribution is -2.55. The van der Waals surface area contributed by atoms with Crippen molar-refractivity contribution in [1.82, 2.24) is 0 Å². The molecule has 0 saturated heterocycles. The smallest absolute Gasteiger partial charge is 0.0627 e. The first-order chi connectivity index (χ1) is 10.8. The van der Waals surface area contributed by atoms with Crippen LogP contribution in [0.25, 0.3) is 0 Å². The van der Waals surface area contributed by atoms with Gasteiger partial charge in [0.25, 0.3) is 0 Å². The van der Waals surface area contributed by atoms with E-state index in [2.05, 4.69) is 20.8 Å². The molecular weight excluding hydrogens is 284 g/mol. The molecule has 132 valence electrons. The first-order valence-electron chi connectivity index (χ1n) is 10.1. The van der Waals surface area contributed by atoms with E-state index in [0.29, 0.717) is 16.9 Å². The Kier molecular flexibility index (Phi) is 3.71. The Labute approximate surface area is 142 Å². The Balaban J connectivity index is 1.60. The van der Waals surface area contributed by atoms with Crippen molar-refractivity contribution >= 4 is 0 Å². The lowest BCUT2D eigenvalue weighted by Gasteiger charge is -2.61. The summed E-state index contributed by atoms with van der Waals surface area (Å²) in [6, 6.07) is 0. The monoisotopic (exact) mass is 320 g/mol. The number of rotatable bonds is 1. The zero-order valence-electron chi connectivity index (χ0n) is 15.6. The third-order valence-corrected chi connectivity index (χ3v) is 9.15. The molecule has 2 nitrogen and oxygen atoms in total. The van der Waals surface area contributed by atoms with E-state index < -0.39 is 5.60 Å². The van der Waals surface area contributed by atoms with Gasteiger partial charge in [0, 0.05) is 7.11 Å². The molecule has 4 rings (SSSR count). The number of ether oxygens (including phenoxy) is 1. The van der Waals surface area contributed by atoms with Crippen LogP contribution in [0.4, 0.5) is 0 Å². The van der Waals surface area contributed by atoms with Crippen molar-refractivity contribution < 1.29 is 9.84 Å². The van der Waals surface area contributed by atoms with Gasteiger partial charge in [0.2, 0.25) is 0 Å². The first-order valence-corrected chi connectivity index (χ1v) is 10.1. The summed E-state index contributed by atoms with van der Waals surface area (Å²) in [6.07, 6.45) is 11.9. The van der Waals surface area contributed by atoms with Gasteiger partial charge < -0.3 is 9.84 Å². The van der Waals surface area contributed by atoms with Gasteiger partial charge >= 0.3 is 0 Å². The maximum Gasteiger partial charge on any atom is 0.0627 e. The van der Waals surface area contributed by atoms with Crippen molar-refractivity contribution in [3.8, 4) is 0 Å². The molecule has 2 heteroatoms. The van der Waals surface area contributed by atoms with Crippen molar-refractivity contribution in [2.75, 3.05) is 7.11 Å². The highest BCUT2D eigenvalue weighted by atomic mass is 16.5. The van der Waals surface area contributed by atoms with E-state index >= 15 is 0 Å². The summed E-state index contributed by atoms with van der Waals surface area (Å²) in [5.74, 6) is 3.44. The molecule has 23 heavy (non-hydrogen) atoms. The average molecular weight is 321 g/mol. The second kappa shape index (κ2) is 5.21. The summed E-state index contributed by atoms with van der Waals surface area (Å²) in [7, 11) is 1.92. The van der Waals surface area contributed by atoms with Crippen LogP contribution in [0.15, 0.2) is 0 Å². The summed E-state index contributed by atoms with van der Waals surface area (Å²) >= 11 is 0. The highest BCUT2D eigenvalue weighted by molar-refractivity contribution is 5.10. The maximum absolute atomic E-state index is 10.6. The number of methoxy groups -OCH3 is 1. The van der Waals surface area contributed by atoms with Gasteiger partial charge in [-0.25, -0.2) is 0 Å². The fourth-order valence-corrected chi connectivity index (χ4v) is 7.77. The summed E-state index contributed by atoms with van der Waals surface area (Å²) in [6.45, 7) is 7.17. The molecule has 0 unspecified atom stereocenters. The Morgan fingerprint density at radius 1 is 0.826 bits per heavy atom. The molecule has 0 heterocycles. The SMILES string of the molecule is CO[C@H]1CC[C@H]2[C@@H]3CC[C@H]4C[C@](C)(O)CC[C@]4(C)[C@H]3CC[C@]12C. The van der Waals surface area contributed by atoms with Crippen LogP contribution in [-0.2, 0) is 4.74 Å². The highest BCUT2D eigenvalue weighted by Crippen LogP contribution is 2.67. The van der Waals surface area contributed by atoms with Gasteiger partial charge in [-0.05, 0) is 99.2 Å². The van der Waals surface area contributed by atoms with Crippen LogP contribution in [0.2, 0.25) is 0 Å². The largest absolute Gasteiger partial charge is 0.390 e. The van der Waals surface area contributed by atoms with Gasteiger partial charge in [0.05, 0.1) is 11.7 Å². The lowest BCUT2D eigenvalue weighted by molar-refractivity contribution is -0.153. The molecule has 4 fully saturated rings. The molecule has 0 bridgehead atoms. The van der Waals surface area contributed by atoms with E-state index in [4.69, 9.17) is 4.74 Å². The average Bonchev–Trinajstić information content (AvgIpc) is 2.84. The molecule has 8 atom stereocenters. The molecule has 0 aromatic carbocycles. The van der Waals surface area contributed by atoms with E-state index in [1.807, 2.05) is 7.11 Å². The molecule has 4 aliphatic rings. The Hall–Kier alpha value is -0.0800. The molecule has 1 N–H and O–H groups in total. The molecule has 0 aromatic heterocycles. The second-order valence-electron chi connectivity index (χ2n) is 10.2. The van der Waals surface area contributed by atoms with Crippen LogP contribution >= 0.6 is 0 Å². The van der Waals surface area contributed by atoms with Gasteiger partial charge in [-0.1, -0.05) is 13.8 Å². The maximum atomic E-state index is 10.6. The molecule has 0 radical (unpaired) electrons. The van der Waals surface area contributed by atoms with E-state index in [1.54, 1.807) is 0 Å². The topological polar surface area (TPSA) is 29.5 Å². The van der Waals surface area contributed by atoms with Gasteiger partial charge in [-0.15, -0.1) is 0 Å². The van der Waals surface area contributed by atoms with E-state index in [-0.39, 0.29) is 0 Å². The van der Waals surface area contributed by atoms with Gasteiger partial charge in [0.1, 0.15) is 0 Å². The lowest BCUT2D eigenvalue weighted by atomic mass is 9.44. The highest BCUT2D eigenvalue weighted by Gasteiger charge is 2.61. The fraction of sp³-hybridized carbons (Fsp3) is 1.00. The van der Waals surface area contributed by atoms with Crippen LogP contribution in [0.5, 0.6) is 0 Å². The summed E-state index contributed by atoms with van der Waals surface area (Å²) < 4.78 is 5.89. The molecule has 4 aliphatic carbocycles. The Morgan fingerprint density at radius 3 is 2.30 bits per heavy atom. The zero-order valence-corrected chi connectivity index (χ0v) is 15.6. The van der Waals surface area contributed by atoms with E-state index in [0.717, 1.165) is 36.5 Å². The van der Waals surface area contributed by atoms with Crippen LogP contribution < -0.4 is 0 Å². The van der Waals surface area contributed by atoms with Crippen molar-refractivity contribution in [1.29, 1.82) is 0 Å². The number of hydrogen-bond donors (Lipinski definition) is 1.